The molecule has 4 heteroatoms. The summed E-state index contributed by atoms with van der Waals surface area (Å²) in [5, 5.41) is 19.0. The van der Waals surface area contributed by atoms with Crippen LogP contribution >= 0.6 is 0 Å². The SMILES string of the molecule is Cc1cc(N2CC(O)CC2=O)c(C)cc1O. The van der Waals surface area contributed by atoms with E-state index in [1.165, 1.54) is 0 Å². The molecule has 2 rings (SSSR count). The first kappa shape index (κ1) is 11.0. The maximum Gasteiger partial charge on any atom is 0.229 e. The third-order valence-corrected chi connectivity index (χ3v) is 2.91. The van der Waals surface area contributed by atoms with Gasteiger partial charge in [0.1, 0.15) is 5.75 Å². The molecule has 1 fully saturated rings. The van der Waals surface area contributed by atoms with Gasteiger partial charge in [-0.3, -0.25) is 4.79 Å². The van der Waals surface area contributed by atoms with Crippen LogP contribution in [0.5, 0.6) is 5.75 Å². The van der Waals surface area contributed by atoms with Gasteiger partial charge < -0.3 is 15.1 Å². The fourth-order valence-electron chi connectivity index (χ4n) is 2.00. The molecule has 2 N–H and O–H groups in total. The lowest BCUT2D eigenvalue weighted by molar-refractivity contribution is -0.117. The summed E-state index contributed by atoms with van der Waals surface area (Å²) < 4.78 is 0. The molecule has 0 aromatic heterocycles. The monoisotopic (exact) mass is 221 g/mol. The van der Waals surface area contributed by atoms with Crippen LogP contribution in [-0.4, -0.2) is 28.8 Å². The second kappa shape index (κ2) is 3.79. The van der Waals surface area contributed by atoms with Crippen LogP contribution in [0.15, 0.2) is 12.1 Å². The number of nitrogens with zero attached hydrogens (tertiary/aromatic N) is 1. The molecule has 1 aromatic rings. The van der Waals surface area contributed by atoms with E-state index in [1.807, 2.05) is 6.92 Å². The van der Waals surface area contributed by atoms with Crippen LogP contribution in [-0.2, 0) is 4.79 Å². The third kappa shape index (κ3) is 1.76. The second-order valence-corrected chi connectivity index (χ2v) is 4.29. The van der Waals surface area contributed by atoms with E-state index in [9.17, 15) is 15.0 Å². The zero-order valence-corrected chi connectivity index (χ0v) is 9.40. The molecule has 0 radical (unpaired) electrons. The molecule has 1 atom stereocenters. The van der Waals surface area contributed by atoms with Crippen molar-refractivity contribution in [3.8, 4) is 5.75 Å². The highest BCUT2D eigenvalue weighted by Gasteiger charge is 2.30. The summed E-state index contributed by atoms with van der Waals surface area (Å²) in [4.78, 5) is 13.2. The molecule has 16 heavy (non-hydrogen) atoms. The van der Waals surface area contributed by atoms with Gasteiger partial charge >= 0.3 is 0 Å². The Bertz CT molecular complexity index is 442. The summed E-state index contributed by atoms with van der Waals surface area (Å²) in [6.07, 6.45) is -0.402. The van der Waals surface area contributed by atoms with E-state index in [-0.39, 0.29) is 18.1 Å². The van der Waals surface area contributed by atoms with E-state index in [0.717, 1.165) is 16.8 Å². The number of aliphatic hydroxyl groups is 1. The summed E-state index contributed by atoms with van der Waals surface area (Å²) >= 11 is 0. The van der Waals surface area contributed by atoms with Crippen molar-refractivity contribution in [3.05, 3.63) is 23.3 Å². The number of aromatic hydroxyl groups is 1. The van der Waals surface area contributed by atoms with Gasteiger partial charge in [-0.05, 0) is 37.1 Å². The van der Waals surface area contributed by atoms with Gasteiger partial charge in [-0.15, -0.1) is 0 Å². The van der Waals surface area contributed by atoms with Crippen molar-refractivity contribution in [1.82, 2.24) is 0 Å². The molecule has 4 nitrogen and oxygen atoms in total. The van der Waals surface area contributed by atoms with Crippen LogP contribution in [0.25, 0.3) is 0 Å². The zero-order valence-electron chi connectivity index (χ0n) is 9.40. The van der Waals surface area contributed by atoms with Gasteiger partial charge in [0.25, 0.3) is 0 Å². The second-order valence-electron chi connectivity index (χ2n) is 4.29. The van der Waals surface area contributed by atoms with Crippen molar-refractivity contribution in [1.29, 1.82) is 0 Å². The Morgan fingerprint density at radius 1 is 1.31 bits per heavy atom. The Hall–Kier alpha value is -1.55. The number of aliphatic hydroxyl groups excluding tert-OH is 1. The first-order valence-corrected chi connectivity index (χ1v) is 5.27. The standard InChI is InChI=1S/C12H15NO3/c1-7-4-11(15)8(2)3-10(7)13-6-9(14)5-12(13)16/h3-4,9,14-15H,5-6H2,1-2H3. The van der Waals surface area contributed by atoms with Crippen molar-refractivity contribution in [2.75, 3.05) is 11.4 Å². The van der Waals surface area contributed by atoms with Crippen LogP contribution in [0.2, 0.25) is 0 Å². The maximum absolute atomic E-state index is 11.6. The number of hydrogen-bond acceptors (Lipinski definition) is 3. The number of carbonyl (C=O) groups is 1. The summed E-state index contributed by atoms with van der Waals surface area (Å²) in [5.41, 5.74) is 2.34. The molecular formula is C12H15NO3. The van der Waals surface area contributed by atoms with Crippen LogP contribution < -0.4 is 4.90 Å². The Kier molecular flexibility index (Phi) is 2.59. The fraction of sp³-hybridized carbons (Fsp3) is 0.417. The predicted octanol–water partition coefficient (Wildman–Crippen LogP) is 1.11. The summed E-state index contributed by atoms with van der Waals surface area (Å²) in [6.45, 7) is 3.96. The molecule has 1 amide bonds. The van der Waals surface area contributed by atoms with E-state index in [2.05, 4.69) is 0 Å². The molecule has 86 valence electrons. The van der Waals surface area contributed by atoms with Crippen molar-refractivity contribution in [3.63, 3.8) is 0 Å². The van der Waals surface area contributed by atoms with Crippen LogP contribution in [0.3, 0.4) is 0 Å². The van der Waals surface area contributed by atoms with Gasteiger partial charge in [0.2, 0.25) is 5.91 Å². The molecule has 1 aliphatic heterocycles. The predicted molar refractivity (Wildman–Crippen MR) is 60.6 cm³/mol. The van der Waals surface area contributed by atoms with Crippen LogP contribution in [0.1, 0.15) is 17.5 Å². The molecule has 0 saturated carbocycles. The number of phenolic OH excluding ortho intramolecular Hbond substituents is 1. The van der Waals surface area contributed by atoms with E-state index in [4.69, 9.17) is 0 Å². The number of anilines is 1. The largest absolute Gasteiger partial charge is 0.508 e. The summed E-state index contributed by atoms with van der Waals surface area (Å²) in [7, 11) is 0. The number of aryl methyl sites for hydroxylation is 2. The van der Waals surface area contributed by atoms with Gasteiger partial charge in [0.05, 0.1) is 19.1 Å². The van der Waals surface area contributed by atoms with E-state index < -0.39 is 6.10 Å². The fourth-order valence-corrected chi connectivity index (χ4v) is 2.00. The molecule has 1 unspecified atom stereocenters. The van der Waals surface area contributed by atoms with Crippen molar-refractivity contribution in [2.45, 2.75) is 26.4 Å². The first-order valence-electron chi connectivity index (χ1n) is 5.27. The lowest BCUT2D eigenvalue weighted by Crippen LogP contribution is -2.26. The van der Waals surface area contributed by atoms with Crippen molar-refractivity contribution >= 4 is 11.6 Å². The molecule has 0 spiro atoms. The Labute approximate surface area is 94.1 Å². The topological polar surface area (TPSA) is 60.8 Å². The molecule has 1 saturated heterocycles. The lowest BCUT2D eigenvalue weighted by Gasteiger charge is -2.19. The van der Waals surface area contributed by atoms with E-state index in [1.54, 1.807) is 24.0 Å². The quantitative estimate of drug-likeness (QED) is 0.746. The number of rotatable bonds is 1. The minimum Gasteiger partial charge on any atom is -0.508 e. The highest BCUT2D eigenvalue weighted by molar-refractivity contribution is 5.97. The average molecular weight is 221 g/mol. The normalized spacial score (nSPS) is 20.6. The lowest BCUT2D eigenvalue weighted by atomic mass is 10.1. The smallest absolute Gasteiger partial charge is 0.229 e. The number of β-amino-alcohol motifs (C(OH)–C–C–N with tert-alkyl or cyclic N) is 1. The zero-order chi connectivity index (χ0) is 11.9. The Morgan fingerprint density at radius 2 is 2.00 bits per heavy atom. The van der Waals surface area contributed by atoms with Gasteiger partial charge in [-0.2, -0.15) is 0 Å². The van der Waals surface area contributed by atoms with Crippen LogP contribution in [0.4, 0.5) is 5.69 Å². The van der Waals surface area contributed by atoms with Gasteiger partial charge in [0.15, 0.2) is 0 Å². The minimum absolute atomic E-state index is 0.0688. The number of benzene rings is 1. The summed E-state index contributed by atoms with van der Waals surface area (Å²) in [5.74, 6) is 0.161. The maximum atomic E-state index is 11.6. The van der Waals surface area contributed by atoms with Crippen molar-refractivity contribution < 1.29 is 15.0 Å². The molecule has 1 heterocycles. The number of carbonyl (C=O) groups excluding carboxylic acids is 1. The first-order chi connectivity index (χ1) is 7.49. The van der Waals surface area contributed by atoms with Crippen LogP contribution in [0, 0.1) is 13.8 Å². The third-order valence-electron chi connectivity index (χ3n) is 2.91. The molecule has 1 aliphatic rings. The van der Waals surface area contributed by atoms with Gasteiger partial charge in [0, 0.05) is 5.69 Å². The summed E-state index contributed by atoms with van der Waals surface area (Å²) in [6, 6.07) is 3.42. The molecule has 0 aliphatic carbocycles. The minimum atomic E-state index is -0.582. The number of hydrogen-bond donors (Lipinski definition) is 2. The molecule has 1 aromatic carbocycles. The Morgan fingerprint density at radius 3 is 2.56 bits per heavy atom. The highest BCUT2D eigenvalue weighted by Crippen LogP contribution is 2.30. The van der Waals surface area contributed by atoms with Crippen molar-refractivity contribution in [2.24, 2.45) is 0 Å². The highest BCUT2D eigenvalue weighted by atomic mass is 16.3. The number of phenols is 1. The average Bonchev–Trinajstić information content (AvgIpc) is 2.51. The van der Waals surface area contributed by atoms with Gasteiger partial charge in [-0.25, -0.2) is 0 Å². The Balaban J connectivity index is 2.41. The molecular weight excluding hydrogens is 206 g/mol. The van der Waals surface area contributed by atoms with Gasteiger partial charge in [-0.1, -0.05) is 0 Å². The number of amides is 1. The van der Waals surface area contributed by atoms with E-state index in [0.29, 0.717) is 6.54 Å². The van der Waals surface area contributed by atoms with E-state index >= 15 is 0 Å². The molecule has 0 bridgehead atoms.